The summed E-state index contributed by atoms with van der Waals surface area (Å²) in [5.41, 5.74) is 3.85. The van der Waals surface area contributed by atoms with Gasteiger partial charge in [-0.2, -0.15) is 5.10 Å². The van der Waals surface area contributed by atoms with E-state index in [1.165, 1.54) is 0 Å². The smallest absolute Gasteiger partial charge is 0.336 e. The summed E-state index contributed by atoms with van der Waals surface area (Å²) < 4.78 is 13.5. The first-order valence-corrected chi connectivity index (χ1v) is 11.1. The zero-order valence-electron chi connectivity index (χ0n) is 18.4. The largest absolute Gasteiger partial charge is 0.489 e. The molecule has 1 unspecified atom stereocenters. The molecule has 7 nitrogen and oxygen atoms in total. The summed E-state index contributed by atoms with van der Waals surface area (Å²) in [6, 6.07) is 19.1. The number of hydrogen-bond acceptors (Lipinski definition) is 5. The topological polar surface area (TPSA) is 86.5 Å². The monoisotopic (exact) mass is 443 g/mol. The standard InChI is InChI=1S/C26H25N3O4/c1-17-24-21(26(30)31)15-22(27-25(24)29(28-17)23-9-5-6-14-32-23)19-10-12-20(13-11-19)33-16-18-7-3-2-4-8-18/h2-4,7-8,10-13,15,23H,5-6,9,14,16H2,1H3,(H,30,31). The number of rotatable bonds is 6. The van der Waals surface area contributed by atoms with Crippen LogP contribution in [0.15, 0.2) is 60.7 Å². The number of ether oxygens (including phenoxy) is 2. The lowest BCUT2D eigenvalue weighted by molar-refractivity contribution is -0.0371. The predicted octanol–water partition coefficient (Wildman–Crippen LogP) is 5.38. The summed E-state index contributed by atoms with van der Waals surface area (Å²) in [5, 5.41) is 15.1. The lowest BCUT2D eigenvalue weighted by atomic mass is 10.1. The number of benzene rings is 2. The summed E-state index contributed by atoms with van der Waals surface area (Å²) in [6.45, 7) is 2.96. The van der Waals surface area contributed by atoms with Crippen LogP contribution in [0.2, 0.25) is 0 Å². The highest BCUT2D eigenvalue weighted by molar-refractivity contribution is 6.04. The van der Waals surface area contributed by atoms with Gasteiger partial charge in [-0.05, 0) is 62.1 Å². The number of carboxylic acid groups (broad SMARTS) is 1. The Kier molecular flexibility index (Phi) is 5.79. The second kappa shape index (κ2) is 9.03. The Bertz CT molecular complexity index is 1280. The third-order valence-electron chi connectivity index (χ3n) is 5.89. The highest BCUT2D eigenvalue weighted by Crippen LogP contribution is 2.32. The molecule has 1 saturated heterocycles. The van der Waals surface area contributed by atoms with Crippen molar-refractivity contribution in [1.29, 1.82) is 0 Å². The lowest BCUT2D eigenvalue weighted by Gasteiger charge is -2.23. The van der Waals surface area contributed by atoms with Gasteiger partial charge >= 0.3 is 5.97 Å². The van der Waals surface area contributed by atoms with Crippen LogP contribution >= 0.6 is 0 Å². The third-order valence-corrected chi connectivity index (χ3v) is 5.89. The van der Waals surface area contributed by atoms with Crippen LogP contribution in [0.1, 0.15) is 47.1 Å². The first-order valence-electron chi connectivity index (χ1n) is 11.1. The number of aromatic carboxylic acids is 1. The van der Waals surface area contributed by atoms with E-state index in [0.29, 0.717) is 35.6 Å². The number of carboxylic acids is 1. The second-order valence-corrected chi connectivity index (χ2v) is 8.21. The fraction of sp³-hybridized carbons (Fsp3) is 0.269. The zero-order valence-corrected chi connectivity index (χ0v) is 18.4. The molecule has 168 valence electrons. The zero-order chi connectivity index (χ0) is 22.8. The maximum atomic E-state index is 12.1. The van der Waals surface area contributed by atoms with Crippen LogP contribution in [0, 0.1) is 6.92 Å². The van der Waals surface area contributed by atoms with Crippen molar-refractivity contribution in [3.63, 3.8) is 0 Å². The van der Waals surface area contributed by atoms with Gasteiger partial charge in [0.05, 0.1) is 22.3 Å². The van der Waals surface area contributed by atoms with Crippen LogP contribution in [0.25, 0.3) is 22.3 Å². The quantitative estimate of drug-likeness (QED) is 0.430. The molecule has 0 amide bonds. The highest BCUT2D eigenvalue weighted by atomic mass is 16.5. The van der Waals surface area contributed by atoms with Crippen LogP contribution in [0.5, 0.6) is 5.75 Å². The molecule has 0 spiro atoms. The summed E-state index contributed by atoms with van der Waals surface area (Å²) in [6.07, 6.45) is 2.67. The molecule has 0 radical (unpaired) electrons. The Balaban J connectivity index is 1.49. The number of pyridine rings is 1. The molecule has 5 rings (SSSR count). The molecule has 1 atom stereocenters. The number of aromatic nitrogens is 3. The SMILES string of the molecule is Cc1nn(C2CCCCO2)c2nc(-c3ccc(OCc4ccccc4)cc3)cc(C(=O)O)c12. The summed E-state index contributed by atoms with van der Waals surface area (Å²) in [5.74, 6) is -0.266. The average molecular weight is 444 g/mol. The van der Waals surface area contributed by atoms with Crippen molar-refractivity contribution in [2.75, 3.05) is 6.61 Å². The minimum atomic E-state index is -1.00. The molecule has 1 N–H and O–H groups in total. The molecule has 3 heterocycles. The Morgan fingerprint density at radius 3 is 2.64 bits per heavy atom. The van der Waals surface area contributed by atoms with Crippen molar-refractivity contribution in [1.82, 2.24) is 14.8 Å². The minimum Gasteiger partial charge on any atom is -0.489 e. The fourth-order valence-electron chi connectivity index (χ4n) is 4.21. The van der Waals surface area contributed by atoms with E-state index in [-0.39, 0.29) is 11.8 Å². The van der Waals surface area contributed by atoms with Gasteiger partial charge in [0.25, 0.3) is 0 Å². The molecule has 33 heavy (non-hydrogen) atoms. The van der Waals surface area contributed by atoms with Gasteiger partial charge in [-0.3, -0.25) is 0 Å². The maximum absolute atomic E-state index is 12.1. The van der Waals surface area contributed by atoms with E-state index in [0.717, 1.165) is 36.1 Å². The van der Waals surface area contributed by atoms with E-state index < -0.39 is 5.97 Å². The van der Waals surface area contributed by atoms with Crippen molar-refractivity contribution in [3.8, 4) is 17.0 Å². The molecule has 1 aliphatic rings. The number of carbonyl (C=O) groups is 1. The lowest BCUT2D eigenvalue weighted by Crippen LogP contribution is -2.19. The normalized spacial score (nSPS) is 16.1. The Morgan fingerprint density at radius 1 is 1.15 bits per heavy atom. The number of hydrogen-bond donors (Lipinski definition) is 1. The van der Waals surface area contributed by atoms with Crippen LogP contribution in [0.3, 0.4) is 0 Å². The average Bonchev–Trinajstić information content (AvgIpc) is 3.20. The van der Waals surface area contributed by atoms with Crippen molar-refractivity contribution < 1.29 is 19.4 Å². The Hall–Kier alpha value is -3.71. The van der Waals surface area contributed by atoms with Gasteiger partial charge in [0.15, 0.2) is 11.9 Å². The molecule has 1 fully saturated rings. The number of nitrogens with zero attached hydrogens (tertiary/aromatic N) is 3. The number of aryl methyl sites for hydroxylation is 1. The van der Waals surface area contributed by atoms with Crippen molar-refractivity contribution >= 4 is 17.0 Å². The number of fused-ring (bicyclic) bond motifs is 1. The fourth-order valence-corrected chi connectivity index (χ4v) is 4.21. The highest BCUT2D eigenvalue weighted by Gasteiger charge is 2.25. The molecule has 0 aliphatic carbocycles. The van der Waals surface area contributed by atoms with Crippen LogP contribution < -0.4 is 4.74 Å². The Morgan fingerprint density at radius 2 is 1.94 bits per heavy atom. The van der Waals surface area contributed by atoms with E-state index in [2.05, 4.69) is 5.10 Å². The third kappa shape index (κ3) is 4.32. The van der Waals surface area contributed by atoms with Crippen LogP contribution in [-0.4, -0.2) is 32.4 Å². The van der Waals surface area contributed by atoms with Crippen molar-refractivity contribution in [2.45, 2.75) is 39.0 Å². The summed E-state index contributed by atoms with van der Waals surface area (Å²) >= 11 is 0. The molecular weight excluding hydrogens is 418 g/mol. The van der Waals surface area contributed by atoms with E-state index in [1.54, 1.807) is 10.7 Å². The molecule has 0 bridgehead atoms. The summed E-state index contributed by atoms with van der Waals surface area (Å²) in [4.78, 5) is 16.9. The van der Waals surface area contributed by atoms with Crippen LogP contribution in [-0.2, 0) is 11.3 Å². The molecule has 7 heteroatoms. The van der Waals surface area contributed by atoms with E-state index in [1.807, 2.05) is 61.5 Å². The van der Waals surface area contributed by atoms with Crippen molar-refractivity contribution in [3.05, 3.63) is 77.5 Å². The first kappa shape index (κ1) is 21.2. The Labute approximate surface area is 191 Å². The molecule has 1 aliphatic heterocycles. The van der Waals surface area contributed by atoms with E-state index in [4.69, 9.17) is 14.5 Å². The minimum absolute atomic E-state index is 0.193. The molecule has 2 aromatic carbocycles. The molecule has 2 aromatic heterocycles. The molecular formula is C26H25N3O4. The maximum Gasteiger partial charge on any atom is 0.336 e. The van der Waals surface area contributed by atoms with Gasteiger partial charge in [-0.25, -0.2) is 14.5 Å². The van der Waals surface area contributed by atoms with Gasteiger partial charge in [-0.1, -0.05) is 30.3 Å². The van der Waals surface area contributed by atoms with Gasteiger partial charge in [0.1, 0.15) is 12.4 Å². The van der Waals surface area contributed by atoms with Gasteiger partial charge in [0, 0.05) is 12.2 Å². The van der Waals surface area contributed by atoms with E-state index in [9.17, 15) is 9.90 Å². The van der Waals surface area contributed by atoms with Crippen LogP contribution in [0.4, 0.5) is 0 Å². The first-order chi connectivity index (χ1) is 16.1. The van der Waals surface area contributed by atoms with Crippen molar-refractivity contribution in [2.24, 2.45) is 0 Å². The van der Waals surface area contributed by atoms with E-state index >= 15 is 0 Å². The molecule has 4 aromatic rings. The van der Waals surface area contributed by atoms with Gasteiger partial charge in [0.2, 0.25) is 0 Å². The predicted molar refractivity (Wildman–Crippen MR) is 124 cm³/mol. The van der Waals surface area contributed by atoms with Gasteiger partial charge < -0.3 is 14.6 Å². The molecule has 0 saturated carbocycles. The second-order valence-electron chi connectivity index (χ2n) is 8.21. The van der Waals surface area contributed by atoms with Gasteiger partial charge in [-0.15, -0.1) is 0 Å². The summed E-state index contributed by atoms with van der Waals surface area (Å²) in [7, 11) is 0.